The summed E-state index contributed by atoms with van der Waals surface area (Å²) in [5.41, 5.74) is 7.95. The van der Waals surface area contributed by atoms with Gasteiger partial charge < -0.3 is 0 Å². The minimum absolute atomic E-state index is 0.0920. The number of hydrogen-bond acceptors (Lipinski definition) is 3. The number of fused-ring (bicyclic) bond motifs is 1. The summed E-state index contributed by atoms with van der Waals surface area (Å²) in [7, 11) is 0. The standard InChI is InChI=1S/C19H24N4O2/c1-11(2)10-13-15(19(13,4)5)17(24)21-22-18(25)16-12(3)20-14-8-6-7-9-23(14)16/h6-10,13,15H,1-5H3,(H,21,24)(H,22,25). The van der Waals surface area contributed by atoms with E-state index < -0.39 is 0 Å². The van der Waals surface area contributed by atoms with Gasteiger partial charge in [0, 0.05) is 6.20 Å². The molecule has 0 bridgehead atoms. The number of hydrogen-bond donors (Lipinski definition) is 2. The van der Waals surface area contributed by atoms with Crippen molar-refractivity contribution in [3.63, 3.8) is 0 Å². The van der Waals surface area contributed by atoms with Crippen LogP contribution in [0.3, 0.4) is 0 Å². The lowest BCUT2D eigenvalue weighted by atomic mass is 10.1. The number of nitrogens with one attached hydrogen (secondary N) is 2. The largest absolute Gasteiger partial charge is 0.295 e. The zero-order valence-corrected chi connectivity index (χ0v) is 15.3. The second-order valence-electron chi connectivity index (χ2n) is 7.49. The maximum atomic E-state index is 12.5. The van der Waals surface area contributed by atoms with Gasteiger partial charge in [-0.05, 0) is 44.2 Å². The molecule has 0 radical (unpaired) electrons. The number of carbonyl (C=O) groups is 2. The van der Waals surface area contributed by atoms with Gasteiger partial charge in [-0.2, -0.15) is 0 Å². The first-order valence-electron chi connectivity index (χ1n) is 8.42. The van der Waals surface area contributed by atoms with Crippen LogP contribution < -0.4 is 10.9 Å². The smallest absolute Gasteiger partial charge is 0.288 e. The molecule has 132 valence electrons. The minimum atomic E-state index is -0.373. The lowest BCUT2D eigenvalue weighted by molar-refractivity contribution is -0.123. The van der Waals surface area contributed by atoms with Crippen molar-refractivity contribution in [3.05, 3.63) is 47.4 Å². The number of amides is 2. The molecule has 2 unspecified atom stereocenters. The Labute approximate surface area is 147 Å². The van der Waals surface area contributed by atoms with Crippen molar-refractivity contribution in [2.45, 2.75) is 34.6 Å². The first-order chi connectivity index (χ1) is 11.7. The Kier molecular flexibility index (Phi) is 4.14. The predicted octanol–water partition coefficient (Wildman–Crippen LogP) is 2.64. The number of aromatic nitrogens is 2. The number of imidazole rings is 1. The van der Waals surface area contributed by atoms with Crippen LogP contribution in [0.15, 0.2) is 36.0 Å². The van der Waals surface area contributed by atoms with Gasteiger partial charge in [0.25, 0.3) is 5.91 Å². The lowest BCUT2D eigenvalue weighted by Gasteiger charge is -2.08. The summed E-state index contributed by atoms with van der Waals surface area (Å²) in [6, 6.07) is 5.53. The van der Waals surface area contributed by atoms with E-state index in [-0.39, 0.29) is 29.1 Å². The van der Waals surface area contributed by atoms with Gasteiger partial charge >= 0.3 is 0 Å². The van der Waals surface area contributed by atoms with E-state index in [1.807, 2.05) is 32.0 Å². The highest BCUT2D eigenvalue weighted by Crippen LogP contribution is 2.59. The van der Waals surface area contributed by atoms with Crippen molar-refractivity contribution in [1.82, 2.24) is 20.2 Å². The van der Waals surface area contributed by atoms with Crippen LogP contribution in [0.1, 0.15) is 43.9 Å². The fraction of sp³-hybridized carbons (Fsp3) is 0.421. The van der Waals surface area contributed by atoms with Gasteiger partial charge in [-0.3, -0.25) is 24.8 Å². The molecule has 0 aromatic carbocycles. The van der Waals surface area contributed by atoms with E-state index in [9.17, 15) is 9.59 Å². The fourth-order valence-electron chi connectivity index (χ4n) is 3.49. The van der Waals surface area contributed by atoms with Crippen molar-refractivity contribution in [1.29, 1.82) is 0 Å². The molecule has 2 amide bonds. The van der Waals surface area contributed by atoms with Crippen molar-refractivity contribution in [2.24, 2.45) is 17.3 Å². The average Bonchev–Trinajstić information content (AvgIpc) is 2.89. The molecule has 0 spiro atoms. The van der Waals surface area contributed by atoms with Crippen LogP contribution in [0.25, 0.3) is 5.65 Å². The molecule has 1 aliphatic carbocycles. The molecule has 0 aliphatic heterocycles. The molecule has 6 heteroatoms. The van der Waals surface area contributed by atoms with Gasteiger partial charge in [0.2, 0.25) is 5.91 Å². The number of pyridine rings is 1. The highest BCUT2D eigenvalue weighted by molar-refractivity contribution is 5.96. The summed E-state index contributed by atoms with van der Waals surface area (Å²) in [6.07, 6.45) is 3.90. The van der Waals surface area contributed by atoms with E-state index in [0.717, 1.165) is 0 Å². The van der Waals surface area contributed by atoms with E-state index in [0.29, 0.717) is 17.0 Å². The van der Waals surface area contributed by atoms with Crippen LogP contribution in [0, 0.1) is 24.2 Å². The molecule has 2 aromatic heterocycles. The first kappa shape index (κ1) is 17.2. The predicted molar refractivity (Wildman–Crippen MR) is 95.7 cm³/mol. The summed E-state index contributed by atoms with van der Waals surface area (Å²) >= 11 is 0. The minimum Gasteiger partial charge on any atom is -0.295 e. The molecule has 1 aliphatic rings. The number of hydrazine groups is 1. The van der Waals surface area contributed by atoms with Crippen LogP contribution in [-0.2, 0) is 4.79 Å². The number of allylic oxidation sites excluding steroid dienone is 2. The Hall–Kier alpha value is -2.63. The molecule has 2 aromatic rings. The molecule has 2 N–H and O–H groups in total. The summed E-state index contributed by atoms with van der Waals surface area (Å²) in [5.74, 6) is -0.466. The molecule has 1 saturated carbocycles. The molecular weight excluding hydrogens is 316 g/mol. The third-order valence-corrected chi connectivity index (χ3v) is 4.92. The average molecular weight is 340 g/mol. The number of carbonyl (C=O) groups excluding carboxylic acids is 2. The maximum absolute atomic E-state index is 12.5. The molecule has 1 fully saturated rings. The van der Waals surface area contributed by atoms with Crippen LogP contribution in [0.4, 0.5) is 0 Å². The normalized spacial score (nSPS) is 20.8. The zero-order chi connectivity index (χ0) is 18.4. The van der Waals surface area contributed by atoms with Gasteiger partial charge in [0.1, 0.15) is 11.3 Å². The van der Waals surface area contributed by atoms with Crippen LogP contribution in [0.2, 0.25) is 0 Å². The molecule has 0 saturated heterocycles. The Morgan fingerprint density at radius 2 is 1.96 bits per heavy atom. The van der Waals surface area contributed by atoms with Crippen molar-refractivity contribution in [3.8, 4) is 0 Å². The third kappa shape index (κ3) is 3.04. The van der Waals surface area contributed by atoms with E-state index >= 15 is 0 Å². The third-order valence-electron chi connectivity index (χ3n) is 4.92. The Morgan fingerprint density at radius 3 is 2.64 bits per heavy atom. The van der Waals surface area contributed by atoms with Gasteiger partial charge in [-0.25, -0.2) is 4.98 Å². The van der Waals surface area contributed by atoms with E-state index in [1.54, 1.807) is 17.5 Å². The number of nitrogens with zero attached hydrogens (tertiary/aromatic N) is 2. The van der Waals surface area contributed by atoms with E-state index in [2.05, 4.69) is 35.8 Å². The quantitative estimate of drug-likeness (QED) is 0.666. The second-order valence-corrected chi connectivity index (χ2v) is 7.49. The summed E-state index contributed by atoms with van der Waals surface area (Å²) < 4.78 is 1.71. The van der Waals surface area contributed by atoms with Gasteiger partial charge in [0.05, 0.1) is 11.6 Å². The lowest BCUT2D eigenvalue weighted by Crippen LogP contribution is -2.43. The highest BCUT2D eigenvalue weighted by Gasteiger charge is 2.60. The summed E-state index contributed by atoms with van der Waals surface area (Å²) in [4.78, 5) is 29.3. The maximum Gasteiger partial charge on any atom is 0.288 e. The molecule has 25 heavy (non-hydrogen) atoms. The molecule has 6 nitrogen and oxygen atoms in total. The Morgan fingerprint density at radius 1 is 1.24 bits per heavy atom. The van der Waals surface area contributed by atoms with E-state index in [1.165, 1.54) is 5.57 Å². The summed E-state index contributed by atoms with van der Waals surface area (Å²) in [5, 5.41) is 0. The van der Waals surface area contributed by atoms with Crippen LogP contribution >= 0.6 is 0 Å². The van der Waals surface area contributed by atoms with Gasteiger partial charge in [0.15, 0.2) is 0 Å². The second kappa shape index (κ2) is 6.02. The molecule has 2 heterocycles. The molecule has 2 atom stereocenters. The van der Waals surface area contributed by atoms with Crippen molar-refractivity contribution < 1.29 is 9.59 Å². The van der Waals surface area contributed by atoms with Crippen LogP contribution in [0.5, 0.6) is 0 Å². The van der Waals surface area contributed by atoms with Crippen LogP contribution in [-0.4, -0.2) is 21.2 Å². The van der Waals surface area contributed by atoms with E-state index in [4.69, 9.17) is 0 Å². The van der Waals surface area contributed by atoms with Crippen molar-refractivity contribution in [2.75, 3.05) is 0 Å². The van der Waals surface area contributed by atoms with Gasteiger partial charge in [-0.15, -0.1) is 0 Å². The first-order valence-corrected chi connectivity index (χ1v) is 8.42. The Balaban J connectivity index is 1.70. The molecule has 3 rings (SSSR count). The Bertz CT molecular complexity index is 875. The molecular formula is C19H24N4O2. The van der Waals surface area contributed by atoms with Gasteiger partial charge in [-0.1, -0.05) is 31.6 Å². The fourth-order valence-corrected chi connectivity index (χ4v) is 3.49. The highest BCUT2D eigenvalue weighted by atomic mass is 16.2. The van der Waals surface area contributed by atoms with Crippen molar-refractivity contribution >= 4 is 17.5 Å². The topological polar surface area (TPSA) is 75.5 Å². The monoisotopic (exact) mass is 340 g/mol. The number of aryl methyl sites for hydroxylation is 1. The number of rotatable bonds is 3. The summed E-state index contributed by atoms with van der Waals surface area (Å²) in [6.45, 7) is 9.96. The zero-order valence-electron chi connectivity index (χ0n) is 15.3. The SMILES string of the molecule is CC(C)=CC1C(C(=O)NNC(=O)c2c(C)nc3ccccn23)C1(C)C.